The predicted octanol–water partition coefficient (Wildman–Crippen LogP) is 2.63. The Morgan fingerprint density at radius 3 is 2.62 bits per heavy atom. The largest absolute Gasteiger partial charge is 0.490 e. The molecule has 2 amide bonds. The number of carbonyl (C=O) groups excluding carboxylic acids is 3. The SMILES string of the molecule is CC[C@H]1Oc2ccccc2C(=O)N(CC(=O)c2ccc(OC)c([N+](=O)[O-])c2)C1=O. The first-order chi connectivity index (χ1) is 13.9. The number of hydrogen-bond donors (Lipinski definition) is 0. The van der Waals surface area contributed by atoms with Crippen LogP contribution in [0.2, 0.25) is 0 Å². The van der Waals surface area contributed by atoms with Crippen LogP contribution in [-0.2, 0) is 4.79 Å². The van der Waals surface area contributed by atoms with Crippen LogP contribution in [0.3, 0.4) is 0 Å². The van der Waals surface area contributed by atoms with Gasteiger partial charge in [0.05, 0.1) is 24.1 Å². The fourth-order valence-electron chi connectivity index (χ4n) is 3.02. The van der Waals surface area contributed by atoms with Crippen molar-refractivity contribution in [1.29, 1.82) is 0 Å². The highest BCUT2D eigenvalue weighted by Gasteiger charge is 2.36. The molecular formula is C20H18N2O7. The number of ether oxygens (including phenoxy) is 2. The smallest absolute Gasteiger partial charge is 0.311 e. The van der Waals surface area contributed by atoms with Crippen molar-refractivity contribution >= 4 is 23.3 Å². The van der Waals surface area contributed by atoms with Crippen molar-refractivity contribution in [3.63, 3.8) is 0 Å². The van der Waals surface area contributed by atoms with Crippen LogP contribution in [0.5, 0.6) is 11.5 Å². The average Bonchev–Trinajstić information content (AvgIpc) is 2.83. The minimum absolute atomic E-state index is 0.00171. The summed E-state index contributed by atoms with van der Waals surface area (Å²) in [6.07, 6.45) is -0.611. The van der Waals surface area contributed by atoms with Gasteiger partial charge in [0.2, 0.25) is 0 Å². The number of hydrogen-bond acceptors (Lipinski definition) is 7. The molecule has 29 heavy (non-hydrogen) atoms. The molecule has 0 saturated carbocycles. The lowest BCUT2D eigenvalue weighted by molar-refractivity contribution is -0.385. The van der Waals surface area contributed by atoms with Gasteiger partial charge in [0.15, 0.2) is 17.6 Å². The van der Waals surface area contributed by atoms with Gasteiger partial charge in [-0.3, -0.25) is 29.4 Å². The van der Waals surface area contributed by atoms with E-state index in [-0.39, 0.29) is 28.3 Å². The van der Waals surface area contributed by atoms with Crippen molar-refractivity contribution in [1.82, 2.24) is 4.90 Å². The zero-order chi connectivity index (χ0) is 21.1. The van der Waals surface area contributed by atoms with Gasteiger partial charge in [-0.05, 0) is 30.7 Å². The number of fused-ring (bicyclic) bond motifs is 1. The molecule has 1 heterocycles. The lowest BCUT2D eigenvalue weighted by atomic mass is 10.1. The summed E-state index contributed by atoms with van der Waals surface area (Å²) in [7, 11) is 1.28. The maximum absolute atomic E-state index is 12.9. The number of nitrogens with zero attached hydrogens (tertiary/aromatic N) is 2. The van der Waals surface area contributed by atoms with E-state index >= 15 is 0 Å². The molecule has 0 unspecified atom stereocenters. The van der Waals surface area contributed by atoms with Crippen molar-refractivity contribution in [2.75, 3.05) is 13.7 Å². The number of para-hydroxylation sites is 1. The molecule has 1 aliphatic rings. The van der Waals surface area contributed by atoms with Crippen molar-refractivity contribution in [2.45, 2.75) is 19.4 Å². The molecule has 2 aromatic carbocycles. The van der Waals surface area contributed by atoms with E-state index in [2.05, 4.69) is 0 Å². The molecule has 0 N–H and O–H groups in total. The van der Waals surface area contributed by atoms with Crippen molar-refractivity contribution < 1.29 is 28.8 Å². The van der Waals surface area contributed by atoms with Gasteiger partial charge in [-0.25, -0.2) is 0 Å². The maximum Gasteiger partial charge on any atom is 0.311 e. The molecule has 0 spiro atoms. The Balaban J connectivity index is 1.94. The van der Waals surface area contributed by atoms with E-state index in [9.17, 15) is 24.5 Å². The summed E-state index contributed by atoms with van der Waals surface area (Å²) in [6.45, 7) is 1.17. The molecule has 0 aliphatic carbocycles. The fourth-order valence-corrected chi connectivity index (χ4v) is 3.02. The molecule has 0 radical (unpaired) electrons. The van der Waals surface area contributed by atoms with E-state index in [1.165, 1.54) is 25.3 Å². The van der Waals surface area contributed by atoms with E-state index < -0.39 is 35.2 Å². The van der Waals surface area contributed by atoms with Crippen LogP contribution in [0.1, 0.15) is 34.1 Å². The molecule has 0 fully saturated rings. The van der Waals surface area contributed by atoms with Gasteiger partial charge in [0, 0.05) is 11.6 Å². The van der Waals surface area contributed by atoms with Crippen LogP contribution in [0, 0.1) is 10.1 Å². The van der Waals surface area contributed by atoms with Crippen LogP contribution in [0.25, 0.3) is 0 Å². The molecule has 0 aromatic heterocycles. The van der Waals surface area contributed by atoms with E-state index in [1.54, 1.807) is 25.1 Å². The second-order valence-electron chi connectivity index (χ2n) is 6.31. The second-order valence-corrected chi connectivity index (χ2v) is 6.31. The molecular weight excluding hydrogens is 380 g/mol. The number of amides is 2. The summed E-state index contributed by atoms with van der Waals surface area (Å²) in [6, 6.07) is 10.1. The monoisotopic (exact) mass is 398 g/mol. The molecule has 2 aromatic rings. The Kier molecular flexibility index (Phi) is 5.58. The summed E-state index contributed by atoms with van der Waals surface area (Å²) >= 11 is 0. The number of imide groups is 1. The third kappa shape index (κ3) is 3.79. The second kappa shape index (κ2) is 8.09. The highest BCUT2D eigenvalue weighted by Crippen LogP contribution is 2.29. The lowest BCUT2D eigenvalue weighted by Crippen LogP contribution is -2.45. The Morgan fingerprint density at radius 2 is 1.97 bits per heavy atom. The van der Waals surface area contributed by atoms with Gasteiger partial charge in [-0.1, -0.05) is 19.1 Å². The summed E-state index contributed by atoms with van der Waals surface area (Å²) in [5.74, 6) is -1.63. The normalized spacial score (nSPS) is 15.9. The average molecular weight is 398 g/mol. The highest BCUT2D eigenvalue weighted by atomic mass is 16.6. The van der Waals surface area contributed by atoms with Crippen LogP contribution < -0.4 is 9.47 Å². The van der Waals surface area contributed by atoms with Gasteiger partial charge in [-0.15, -0.1) is 0 Å². The molecule has 150 valence electrons. The fraction of sp³-hybridized carbons (Fsp3) is 0.250. The molecule has 9 heteroatoms. The summed E-state index contributed by atoms with van der Waals surface area (Å²) in [5.41, 5.74) is -0.220. The number of Topliss-reactive ketones (excluding diaryl/α,β-unsaturated/α-hetero) is 1. The maximum atomic E-state index is 12.9. The minimum Gasteiger partial charge on any atom is -0.490 e. The van der Waals surface area contributed by atoms with Gasteiger partial charge in [0.1, 0.15) is 5.75 Å². The molecule has 1 aliphatic heterocycles. The Labute approximate surface area is 166 Å². The van der Waals surface area contributed by atoms with Crippen LogP contribution >= 0.6 is 0 Å². The highest BCUT2D eigenvalue weighted by molar-refractivity contribution is 6.12. The first-order valence-electron chi connectivity index (χ1n) is 8.84. The van der Waals surface area contributed by atoms with Gasteiger partial charge < -0.3 is 9.47 Å². The van der Waals surface area contributed by atoms with Crippen LogP contribution in [-0.4, -0.2) is 47.2 Å². The zero-order valence-electron chi connectivity index (χ0n) is 15.8. The van der Waals surface area contributed by atoms with Crippen molar-refractivity contribution in [2.24, 2.45) is 0 Å². The Bertz CT molecular complexity index is 1000. The quantitative estimate of drug-likeness (QED) is 0.318. The number of benzene rings is 2. The van der Waals surface area contributed by atoms with E-state index in [0.29, 0.717) is 6.42 Å². The predicted molar refractivity (Wildman–Crippen MR) is 101 cm³/mol. The molecule has 9 nitrogen and oxygen atoms in total. The van der Waals surface area contributed by atoms with E-state index in [4.69, 9.17) is 9.47 Å². The van der Waals surface area contributed by atoms with Crippen molar-refractivity contribution in [3.8, 4) is 11.5 Å². The third-order valence-corrected chi connectivity index (χ3v) is 4.54. The standard InChI is InChI=1S/C20H18N2O7/c1-3-16-20(25)21(19(24)13-6-4-5-7-17(13)29-16)11-15(23)12-8-9-18(28-2)14(10-12)22(26)27/h4-10,16H,3,11H2,1-2H3/t16-/m1/s1. The first-order valence-corrected chi connectivity index (χ1v) is 8.84. The van der Waals surface area contributed by atoms with Crippen molar-refractivity contribution in [3.05, 3.63) is 63.7 Å². The zero-order valence-corrected chi connectivity index (χ0v) is 15.8. The Hall–Kier alpha value is -3.75. The number of carbonyl (C=O) groups is 3. The van der Waals surface area contributed by atoms with Crippen LogP contribution in [0.15, 0.2) is 42.5 Å². The minimum atomic E-state index is -0.916. The number of nitro benzene ring substituents is 1. The number of methoxy groups -OCH3 is 1. The number of nitro groups is 1. The lowest BCUT2D eigenvalue weighted by Gasteiger charge is -2.21. The summed E-state index contributed by atoms with van der Waals surface area (Å²) < 4.78 is 10.6. The molecule has 0 saturated heterocycles. The van der Waals surface area contributed by atoms with E-state index in [1.807, 2.05) is 0 Å². The summed E-state index contributed by atoms with van der Waals surface area (Å²) in [4.78, 5) is 49.8. The molecule has 1 atom stereocenters. The molecule has 3 rings (SSSR count). The van der Waals surface area contributed by atoms with Gasteiger partial charge in [-0.2, -0.15) is 0 Å². The molecule has 0 bridgehead atoms. The Morgan fingerprint density at radius 1 is 1.24 bits per heavy atom. The van der Waals surface area contributed by atoms with Gasteiger partial charge in [0.25, 0.3) is 11.8 Å². The number of rotatable bonds is 6. The van der Waals surface area contributed by atoms with Gasteiger partial charge >= 0.3 is 5.69 Å². The van der Waals surface area contributed by atoms with E-state index in [0.717, 1.165) is 11.0 Å². The number of ketones is 1. The topological polar surface area (TPSA) is 116 Å². The first kappa shape index (κ1) is 20.0. The van der Waals surface area contributed by atoms with Crippen LogP contribution in [0.4, 0.5) is 5.69 Å². The summed E-state index contributed by atoms with van der Waals surface area (Å²) in [5, 5.41) is 11.2. The third-order valence-electron chi connectivity index (χ3n) is 4.54.